The number of carbonyl (C=O) groups excluding carboxylic acids is 3. The van der Waals surface area contributed by atoms with Crippen molar-refractivity contribution in [1.29, 1.82) is 0 Å². The second-order valence-corrected chi connectivity index (χ2v) is 12.8. The third-order valence-electron chi connectivity index (χ3n) is 9.72. The first-order valence-electron chi connectivity index (χ1n) is 16.2. The highest BCUT2D eigenvalue weighted by Gasteiger charge is 2.54. The van der Waals surface area contributed by atoms with E-state index in [9.17, 15) is 19.5 Å². The van der Waals surface area contributed by atoms with Crippen LogP contribution in [0, 0.1) is 0 Å². The average molecular weight is 642 g/mol. The van der Waals surface area contributed by atoms with E-state index in [2.05, 4.69) is 17.1 Å². The Morgan fingerprint density at radius 3 is 2.22 bits per heavy atom. The summed E-state index contributed by atoms with van der Waals surface area (Å²) in [5, 5.41) is 14.2. The molecule has 0 unspecified atom stereocenters. The van der Waals surface area contributed by atoms with Crippen LogP contribution < -0.4 is 10.1 Å². The molecule has 2 amide bonds. The first-order chi connectivity index (χ1) is 21.2. The van der Waals surface area contributed by atoms with Crippen LogP contribution in [0.25, 0.3) is 0 Å². The van der Waals surface area contributed by atoms with Gasteiger partial charge in [-0.15, -0.1) is 12.4 Å². The SMILES string of the molecule is CCCCN1C(=O)[C@@H](CC2(O)CCCCC2)NC(=O)C12CCN(Cc1ccc(C(=O)OCc3ccc(OC)cc3)cc1)CC2.Cl. The van der Waals surface area contributed by atoms with Crippen molar-refractivity contribution in [3.63, 3.8) is 0 Å². The molecule has 3 aliphatic rings. The van der Waals surface area contributed by atoms with E-state index in [1.54, 1.807) is 19.2 Å². The van der Waals surface area contributed by atoms with Crippen LogP contribution in [0.1, 0.15) is 92.6 Å². The molecule has 3 fully saturated rings. The van der Waals surface area contributed by atoms with Gasteiger partial charge in [-0.3, -0.25) is 14.5 Å². The number of aliphatic hydroxyl groups is 1. The molecule has 2 N–H and O–H groups in total. The molecule has 0 aromatic heterocycles. The lowest BCUT2D eigenvalue weighted by Gasteiger charge is -2.52. The molecule has 10 heteroatoms. The van der Waals surface area contributed by atoms with Crippen molar-refractivity contribution in [3.05, 3.63) is 65.2 Å². The number of piperazine rings is 1. The monoisotopic (exact) mass is 641 g/mol. The fourth-order valence-corrected chi connectivity index (χ4v) is 6.99. The zero-order valence-corrected chi connectivity index (χ0v) is 27.4. The summed E-state index contributed by atoms with van der Waals surface area (Å²) in [5.74, 6) is 0.263. The van der Waals surface area contributed by atoms with Crippen LogP contribution in [0.3, 0.4) is 0 Å². The first-order valence-corrected chi connectivity index (χ1v) is 16.2. The van der Waals surface area contributed by atoms with Gasteiger partial charge in [-0.25, -0.2) is 4.79 Å². The molecule has 1 saturated carbocycles. The zero-order valence-electron chi connectivity index (χ0n) is 26.6. The fraction of sp³-hybridized carbons (Fsp3) is 0.571. The number of nitrogens with zero attached hydrogens (tertiary/aromatic N) is 2. The first kappa shape index (κ1) is 34.7. The Morgan fingerprint density at radius 1 is 0.956 bits per heavy atom. The van der Waals surface area contributed by atoms with Gasteiger partial charge in [-0.1, -0.05) is 56.9 Å². The van der Waals surface area contributed by atoms with Crippen LogP contribution >= 0.6 is 12.4 Å². The lowest BCUT2D eigenvalue weighted by molar-refractivity contribution is -0.163. The Kier molecular flexibility index (Phi) is 11.9. The van der Waals surface area contributed by atoms with Crippen LogP contribution in [-0.4, -0.2) is 76.6 Å². The van der Waals surface area contributed by atoms with Gasteiger partial charge in [0, 0.05) is 32.6 Å². The van der Waals surface area contributed by atoms with E-state index >= 15 is 0 Å². The number of ether oxygens (including phenoxy) is 2. The summed E-state index contributed by atoms with van der Waals surface area (Å²) in [6.45, 7) is 4.91. The molecular weight excluding hydrogens is 594 g/mol. The molecule has 2 aromatic carbocycles. The van der Waals surface area contributed by atoms with E-state index in [-0.39, 0.29) is 36.8 Å². The molecule has 1 spiro atoms. The van der Waals surface area contributed by atoms with Crippen LogP contribution in [0.5, 0.6) is 5.75 Å². The smallest absolute Gasteiger partial charge is 0.338 e. The van der Waals surface area contributed by atoms with Crippen LogP contribution in [0.15, 0.2) is 48.5 Å². The van der Waals surface area contributed by atoms with Gasteiger partial charge < -0.3 is 24.8 Å². The number of esters is 1. The van der Waals surface area contributed by atoms with Crippen molar-refractivity contribution in [2.45, 2.75) is 101 Å². The summed E-state index contributed by atoms with van der Waals surface area (Å²) in [6.07, 6.45) is 7.63. The van der Waals surface area contributed by atoms with Crippen molar-refractivity contribution in [1.82, 2.24) is 15.1 Å². The molecular formula is C35H48ClN3O6. The number of nitrogens with one attached hydrogen (secondary N) is 1. The van der Waals surface area contributed by atoms with Gasteiger partial charge in [-0.05, 0) is 67.5 Å². The topological polar surface area (TPSA) is 108 Å². The maximum absolute atomic E-state index is 13.8. The van der Waals surface area contributed by atoms with Crippen molar-refractivity contribution in [2.75, 3.05) is 26.7 Å². The number of carbonyl (C=O) groups is 3. The highest BCUT2D eigenvalue weighted by atomic mass is 35.5. The largest absolute Gasteiger partial charge is 0.497 e. The number of rotatable bonds is 11. The third kappa shape index (κ3) is 8.18. The van der Waals surface area contributed by atoms with E-state index in [1.807, 2.05) is 41.3 Å². The molecule has 2 aliphatic heterocycles. The van der Waals surface area contributed by atoms with Gasteiger partial charge in [0.1, 0.15) is 23.9 Å². The van der Waals surface area contributed by atoms with E-state index < -0.39 is 17.2 Å². The number of hydrogen-bond donors (Lipinski definition) is 2. The molecule has 1 atom stereocenters. The number of unbranched alkanes of at least 4 members (excludes halogenated alkanes) is 1. The van der Waals surface area contributed by atoms with Gasteiger partial charge >= 0.3 is 5.97 Å². The maximum atomic E-state index is 13.8. The summed E-state index contributed by atoms with van der Waals surface area (Å²) in [6, 6.07) is 14.2. The zero-order chi connectivity index (χ0) is 31.2. The van der Waals surface area contributed by atoms with E-state index in [4.69, 9.17) is 9.47 Å². The van der Waals surface area contributed by atoms with Crippen molar-refractivity contribution >= 4 is 30.2 Å². The van der Waals surface area contributed by atoms with Crippen molar-refractivity contribution in [2.24, 2.45) is 0 Å². The molecule has 9 nitrogen and oxygen atoms in total. The Hall–Kier alpha value is -3.14. The summed E-state index contributed by atoms with van der Waals surface area (Å²) in [5.41, 5.74) is 0.735. The Bertz CT molecular complexity index is 1290. The molecule has 246 valence electrons. The fourth-order valence-electron chi connectivity index (χ4n) is 6.99. The normalized spacial score (nSPS) is 21.1. The average Bonchev–Trinajstić information content (AvgIpc) is 3.04. The standard InChI is InChI=1S/C35H47N3O6.ClH/c1-3-4-20-38-31(39)30(23-34(42)16-6-5-7-17-34)36-33(41)35(38)18-21-37(22-19-35)24-26-8-12-28(13-9-26)32(40)44-25-27-10-14-29(43-2)15-11-27;/h8-15,30,42H,3-7,16-25H2,1-2H3,(H,36,41);1H/t30-;/m1./s1. The van der Waals surface area contributed by atoms with Gasteiger partial charge in [0.15, 0.2) is 0 Å². The molecule has 0 bridgehead atoms. The van der Waals surface area contributed by atoms with Crippen molar-refractivity contribution < 1.29 is 29.0 Å². The highest BCUT2D eigenvalue weighted by Crippen LogP contribution is 2.37. The minimum absolute atomic E-state index is 0. The van der Waals surface area contributed by atoms with Gasteiger partial charge in [0.2, 0.25) is 11.8 Å². The van der Waals surface area contributed by atoms with Crippen LogP contribution in [0.2, 0.25) is 0 Å². The third-order valence-corrected chi connectivity index (χ3v) is 9.72. The molecule has 5 rings (SSSR count). The molecule has 2 heterocycles. The Labute approximate surface area is 273 Å². The molecule has 1 aliphatic carbocycles. The van der Waals surface area contributed by atoms with E-state index in [0.717, 1.165) is 49.0 Å². The highest BCUT2D eigenvalue weighted by molar-refractivity contribution is 6.00. The number of likely N-dealkylation sites (tertiary alicyclic amines) is 1. The lowest BCUT2D eigenvalue weighted by atomic mass is 9.77. The van der Waals surface area contributed by atoms with E-state index in [0.29, 0.717) is 63.8 Å². The van der Waals surface area contributed by atoms with Gasteiger partial charge in [0.05, 0.1) is 18.3 Å². The number of halogens is 1. The number of hydrogen-bond acceptors (Lipinski definition) is 7. The molecule has 0 radical (unpaired) electrons. The molecule has 2 saturated heterocycles. The summed E-state index contributed by atoms with van der Waals surface area (Å²) in [4.78, 5) is 44.3. The summed E-state index contributed by atoms with van der Waals surface area (Å²) in [7, 11) is 1.61. The Morgan fingerprint density at radius 2 is 1.60 bits per heavy atom. The summed E-state index contributed by atoms with van der Waals surface area (Å²) >= 11 is 0. The van der Waals surface area contributed by atoms with Crippen molar-refractivity contribution in [3.8, 4) is 5.75 Å². The minimum atomic E-state index is -0.876. The quantitative estimate of drug-likeness (QED) is 0.332. The predicted molar refractivity (Wildman–Crippen MR) is 174 cm³/mol. The number of amides is 2. The maximum Gasteiger partial charge on any atom is 0.338 e. The van der Waals surface area contributed by atoms with Crippen LogP contribution in [-0.2, 0) is 27.5 Å². The summed E-state index contributed by atoms with van der Waals surface area (Å²) < 4.78 is 10.6. The second kappa shape index (κ2) is 15.4. The number of benzene rings is 2. The minimum Gasteiger partial charge on any atom is -0.497 e. The molecule has 45 heavy (non-hydrogen) atoms. The lowest BCUT2D eigenvalue weighted by Crippen LogP contribution is -2.73. The number of methoxy groups -OCH3 is 1. The Balaban J connectivity index is 0.00000461. The number of piperidine rings is 1. The second-order valence-electron chi connectivity index (χ2n) is 12.8. The van der Waals surface area contributed by atoms with Gasteiger partial charge in [-0.2, -0.15) is 0 Å². The predicted octanol–water partition coefficient (Wildman–Crippen LogP) is 5.02. The van der Waals surface area contributed by atoms with Crippen LogP contribution in [0.4, 0.5) is 0 Å². The van der Waals surface area contributed by atoms with E-state index in [1.165, 1.54) is 0 Å². The molecule has 2 aromatic rings. The van der Waals surface area contributed by atoms with Gasteiger partial charge in [0.25, 0.3) is 0 Å².